The molecule has 0 spiro atoms. The van der Waals surface area contributed by atoms with Crippen LogP contribution >= 0.6 is 0 Å². The van der Waals surface area contributed by atoms with Crippen molar-refractivity contribution >= 4 is 65.5 Å². The highest BCUT2D eigenvalue weighted by Crippen LogP contribution is 2.41. The van der Waals surface area contributed by atoms with Gasteiger partial charge < -0.3 is 8.98 Å². The normalized spacial score (nSPS) is 12.1. The van der Waals surface area contributed by atoms with Gasteiger partial charge in [0.15, 0.2) is 5.58 Å². The second-order valence-corrected chi connectivity index (χ2v) is 10.1. The van der Waals surface area contributed by atoms with E-state index in [-0.39, 0.29) is 0 Å². The van der Waals surface area contributed by atoms with Gasteiger partial charge in [0.1, 0.15) is 5.52 Å². The molecule has 0 unspecified atom stereocenters. The first-order chi connectivity index (χ1) is 19.3. The third-order valence-corrected chi connectivity index (χ3v) is 7.93. The van der Waals surface area contributed by atoms with Crippen molar-refractivity contribution in [1.82, 2.24) is 14.1 Å². The van der Waals surface area contributed by atoms with Gasteiger partial charge in [-0.1, -0.05) is 72.8 Å². The standard InChI is InChI=1S/C35H21N3O/c1-2-10-23(11-3-1)37-29-15-7-4-12-24(29)27-21-26-22(20-32(27)37)18-19-31-34(26)25-13-5-8-16-30(25)38(31)35-36-28-14-6-9-17-33(28)39-35/h1-21H. The Morgan fingerprint density at radius 1 is 0.487 bits per heavy atom. The number of hydrogen-bond acceptors (Lipinski definition) is 2. The Balaban J connectivity index is 1.43. The highest BCUT2D eigenvalue weighted by atomic mass is 16.4. The molecule has 3 aromatic heterocycles. The van der Waals surface area contributed by atoms with E-state index in [1.54, 1.807) is 0 Å². The molecule has 4 nitrogen and oxygen atoms in total. The molecule has 0 radical (unpaired) electrons. The molecule has 0 saturated carbocycles. The maximum Gasteiger partial charge on any atom is 0.307 e. The first-order valence-corrected chi connectivity index (χ1v) is 13.2. The number of para-hydroxylation sites is 5. The zero-order valence-electron chi connectivity index (χ0n) is 20.9. The van der Waals surface area contributed by atoms with Gasteiger partial charge >= 0.3 is 6.01 Å². The zero-order chi connectivity index (χ0) is 25.5. The minimum Gasteiger partial charge on any atom is -0.423 e. The van der Waals surface area contributed by atoms with E-state index in [9.17, 15) is 0 Å². The number of oxazole rings is 1. The Bertz CT molecular complexity index is 2360. The van der Waals surface area contributed by atoms with E-state index in [0.717, 1.165) is 27.8 Å². The van der Waals surface area contributed by atoms with Gasteiger partial charge in [-0.05, 0) is 65.4 Å². The van der Waals surface area contributed by atoms with Crippen LogP contribution in [-0.2, 0) is 0 Å². The molecule has 0 saturated heterocycles. The van der Waals surface area contributed by atoms with Crippen molar-refractivity contribution in [1.29, 1.82) is 0 Å². The van der Waals surface area contributed by atoms with Crippen molar-refractivity contribution in [3.63, 3.8) is 0 Å². The van der Waals surface area contributed by atoms with Crippen LogP contribution in [0, 0.1) is 0 Å². The fourth-order valence-electron chi connectivity index (χ4n) is 6.27. The molecule has 0 aliphatic rings. The molecule has 4 heteroatoms. The van der Waals surface area contributed by atoms with Gasteiger partial charge in [-0.25, -0.2) is 0 Å². The van der Waals surface area contributed by atoms with Crippen molar-refractivity contribution < 1.29 is 4.42 Å². The molecule has 182 valence electrons. The molecule has 0 aliphatic carbocycles. The van der Waals surface area contributed by atoms with Gasteiger partial charge in [-0.2, -0.15) is 4.98 Å². The van der Waals surface area contributed by atoms with Crippen molar-refractivity contribution in [2.24, 2.45) is 0 Å². The first kappa shape index (κ1) is 20.7. The van der Waals surface area contributed by atoms with Crippen molar-refractivity contribution in [3.05, 3.63) is 127 Å². The molecule has 9 rings (SSSR count). The smallest absolute Gasteiger partial charge is 0.307 e. The average molecular weight is 500 g/mol. The highest BCUT2D eigenvalue weighted by Gasteiger charge is 2.20. The predicted octanol–water partition coefficient (Wildman–Crippen LogP) is 9.18. The molecular weight excluding hydrogens is 478 g/mol. The van der Waals surface area contributed by atoms with E-state index in [1.807, 2.05) is 24.3 Å². The van der Waals surface area contributed by atoms with E-state index in [0.29, 0.717) is 6.01 Å². The molecular formula is C35H21N3O. The van der Waals surface area contributed by atoms with Crippen LogP contribution in [-0.4, -0.2) is 14.1 Å². The molecule has 0 amide bonds. The van der Waals surface area contributed by atoms with Gasteiger partial charge in [0.25, 0.3) is 0 Å². The summed E-state index contributed by atoms with van der Waals surface area (Å²) in [6.07, 6.45) is 0. The Kier molecular flexibility index (Phi) is 4.02. The van der Waals surface area contributed by atoms with Crippen LogP contribution in [0.4, 0.5) is 0 Å². The van der Waals surface area contributed by atoms with Gasteiger partial charge in [-0.15, -0.1) is 0 Å². The van der Waals surface area contributed by atoms with Gasteiger partial charge in [-0.3, -0.25) is 4.57 Å². The molecule has 3 heterocycles. The lowest BCUT2D eigenvalue weighted by atomic mass is 10.0. The second kappa shape index (κ2) is 7.59. The fourth-order valence-corrected chi connectivity index (χ4v) is 6.27. The maximum absolute atomic E-state index is 6.27. The van der Waals surface area contributed by atoms with Gasteiger partial charge in [0.2, 0.25) is 0 Å². The van der Waals surface area contributed by atoms with Gasteiger partial charge in [0, 0.05) is 27.2 Å². The molecule has 0 fully saturated rings. The van der Waals surface area contributed by atoms with Crippen LogP contribution in [0.5, 0.6) is 0 Å². The van der Waals surface area contributed by atoms with E-state index in [1.165, 1.54) is 43.4 Å². The van der Waals surface area contributed by atoms with Crippen molar-refractivity contribution in [2.75, 3.05) is 0 Å². The third-order valence-electron chi connectivity index (χ3n) is 7.93. The molecule has 0 bridgehead atoms. The molecule has 0 aliphatic heterocycles. The molecule has 6 aromatic carbocycles. The topological polar surface area (TPSA) is 35.9 Å². The average Bonchev–Trinajstić information content (AvgIpc) is 3.66. The Hall–Kier alpha value is -5.35. The first-order valence-electron chi connectivity index (χ1n) is 13.2. The Morgan fingerprint density at radius 2 is 1.21 bits per heavy atom. The van der Waals surface area contributed by atoms with Crippen LogP contribution in [0.2, 0.25) is 0 Å². The summed E-state index contributed by atoms with van der Waals surface area (Å²) in [6.45, 7) is 0. The van der Waals surface area contributed by atoms with E-state index in [4.69, 9.17) is 9.40 Å². The quantitative estimate of drug-likeness (QED) is 0.238. The number of aromatic nitrogens is 3. The monoisotopic (exact) mass is 499 g/mol. The zero-order valence-corrected chi connectivity index (χ0v) is 20.9. The van der Waals surface area contributed by atoms with Crippen LogP contribution in [0.25, 0.3) is 77.2 Å². The van der Waals surface area contributed by atoms with E-state index < -0.39 is 0 Å². The summed E-state index contributed by atoms with van der Waals surface area (Å²) in [5, 5.41) is 7.32. The lowest BCUT2D eigenvalue weighted by Gasteiger charge is -2.09. The van der Waals surface area contributed by atoms with Crippen LogP contribution < -0.4 is 0 Å². The lowest BCUT2D eigenvalue weighted by molar-refractivity contribution is 0.574. The van der Waals surface area contributed by atoms with Crippen molar-refractivity contribution in [3.8, 4) is 11.7 Å². The molecule has 9 aromatic rings. The molecule has 39 heavy (non-hydrogen) atoms. The van der Waals surface area contributed by atoms with Crippen LogP contribution in [0.15, 0.2) is 132 Å². The number of nitrogens with zero attached hydrogens (tertiary/aromatic N) is 3. The molecule has 0 atom stereocenters. The fraction of sp³-hybridized carbons (Fsp3) is 0. The minimum atomic E-state index is 0.587. The summed E-state index contributed by atoms with van der Waals surface area (Å²) in [6, 6.07) is 45.5. The summed E-state index contributed by atoms with van der Waals surface area (Å²) in [7, 11) is 0. The third kappa shape index (κ3) is 2.80. The molecule has 0 N–H and O–H groups in total. The predicted molar refractivity (Wildman–Crippen MR) is 160 cm³/mol. The number of hydrogen-bond donors (Lipinski definition) is 0. The summed E-state index contributed by atoms with van der Waals surface area (Å²) < 4.78 is 10.8. The lowest BCUT2D eigenvalue weighted by Crippen LogP contribution is -1.94. The Labute approximate surface area is 222 Å². The van der Waals surface area contributed by atoms with Crippen LogP contribution in [0.3, 0.4) is 0 Å². The van der Waals surface area contributed by atoms with Crippen LogP contribution in [0.1, 0.15) is 0 Å². The van der Waals surface area contributed by atoms with Gasteiger partial charge in [0.05, 0.1) is 22.1 Å². The van der Waals surface area contributed by atoms with E-state index in [2.05, 4.69) is 112 Å². The maximum atomic E-state index is 6.27. The SMILES string of the molecule is c1ccc(-n2c3ccccc3c3cc4c(ccc5c4c4ccccc4n5-c4nc5ccccc5o4)cc32)cc1. The highest BCUT2D eigenvalue weighted by molar-refractivity contribution is 6.25. The number of fused-ring (bicyclic) bond motifs is 9. The Morgan fingerprint density at radius 3 is 2.05 bits per heavy atom. The second-order valence-electron chi connectivity index (χ2n) is 10.1. The van der Waals surface area contributed by atoms with E-state index >= 15 is 0 Å². The largest absolute Gasteiger partial charge is 0.423 e. The number of benzene rings is 6. The minimum absolute atomic E-state index is 0.587. The summed E-state index contributed by atoms with van der Waals surface area (Å²) in [4.78, 5) is 4.86. The number of rotatable bonds is 2. The summed E-state index contributed by atoms with van der Waals surface area (Å²) >= 11 is 0. The summed E-state index contributed by atoms with van der Waals surface area (Å²) in [5.74, 6) is 0. The van der Waals surface area contributed by atoms with Crippen molar-refractivity contribution in [2.45, 2.75) is 0 Å². The summed E-state index contributed by atoms with van der Waals surface area (Å²) in [5.41, 5.74) is 7.39.